The number of carbonyl (C=O) groups excluding carboxylic acids is 2. The lowest BCUT2D eigenvalue weighted by Gasteiger charge is -2.15. The Balaban J connectivity index is 1.81. The summed E-state index contributed by atoms with van der Waals surface area (Å²) in [7, 11) is 0. The Labute approximate surface area is 162 Å². The summed E-state index contributed by atoms with van der Waals surface area (Å²) in [6.45, 7) is 1.46. The molecular formula is C20H21ClN2O2S. The van der Waals surface area contributed by atoms with Gasteiger partial charge in [-0.1, -0.05) is 36.2 Å². The first kappa shape index (κ1) is 18.8. The molecule has 0 unspecified atom stereocenters. The highest BCUT2D eigenvalue weighted by Gasteiger charge is 2.19. The fraction of sp³-hybridized carbons (Fsp3) is 0.300. The van der Waals surface area contributed by atoms with Gasteiger partial charge in [0.25, 0.3) is 5.91 Å². The molecule has 1 aliphatic rings. The van der Waals surface area contributed by atoms with Gasteiger partial charge < -0.3 is 10.6 Å². The molecule has 0 spiro atoms. The largest absolute Gasteiger partial charge is 0.349 e. The first-order valence-electron chi connectivity index (χ1n) is 8.67. The van der Waals surface area contributed by atoms with Crippen LogP contribution in [0.3, 0.4) is 0 Å². The van der Waals surface area contributed by atoms with Crippen LogP contribution in [0, 0.1) is 0 Å². The monoisotopic (exact) mass is 388 g/mol. The predicted molar refractivity (Wildman–Crippen MR) is 106 cm³/mol. The average molecular weight is 389 g/mol. The highest BCUT2D eigenvalue weighted by Crippen LogP contribution is 2.35. The Bertz CT molecular complexity index is 802. The van der Waals surface area contributed by atoms with Crippen LogP contribution in [0.2, 0.25) is 5.02 Å². The van der Waals surface area contributed by atoms with Crippen molar-refractivity contribution >= 4 is 40.9 Å². The van der Waals surface area contributed by atoms with Gasteiger partial charge in [0.2, 0.25) is 5.91 Å². The van der Waals surface area contributed by atoms with Gasteiger partial charge in [-0.2, -0.15) is 0 Å². The predicted octanol–water partition coefficient (Wildman–Crippen LogP) is 5.12. The molecule has 0 radical (unpaired) electrons. The fourth-order valence-electron chi connectivity index (χ4n) is 3.02. The summed E-state index contributed by atoms with van der Waals surface area (Å²) in [4.78, 5) is 26.0. The smallest absolute Gasteiger partial charge is 0.251 e. The van der Waals surface area contributed by atoms with Crippen LogP contribution in [-0.2, 0) is 4.79 Å². The summed E-state index contributed by atoms with van der Waals surface area (Å²) in [5, 5.41) is 6.58. The summed E-state index contributed by atoms with van der Waals surface area (Å²) >= 11 is 7.44. The molecule has 0 aromatic heterocycles. The molecule has 2 aromatic rings. The molecule has 0 heterocycles. The lowest BCUT2D eigenvalue weighted by molar-refractivity contribution is -0.114. The topological polar surface area (TPSA) is 58.2 Å². The first-order chi connectivity index (χ1) is 12.5. The summed E-state index contributed by atoms with van der Waals surface area (Å²) < 4.78 is 0. The Morgan fingerprint density at radius 3 is 2.42 bits per heavy atom. The summed E-state index contributed by atoms with van der Waals surface area (Å²) in [6.07, 6.45) is 4.40. The maximum Gasteiger partial charge on any atom is 0.251 e. The van der Waals surface area contributed by atoms with Crippen LogP contribution < -0.4 is 10.6 Å². The standard InChI is InChI=1S/C20H21ClN2O2S/c1-13(24)22-18-12-14(20(25)23-16-4-2-3-5-16)6-11-19(18)26-17-9-7-15(21)8-10-17/h6-12,16H,2-5H2,1H3,(H,22,24)(H,23,25). The van der Waals surface area contributed by atoms with Crippen LogP contribution in [0.1, 0.15) is 43.0 Å². The van der Waals surface area contributed by atoms with Crippen molar-refractivity contribution in [3.8, 4) is 0 Å². The van der Waals surface area contributed by atoms with Gasteiger partial charge in [-0.3, -0.25) is 9.59 Å². The Hall–Kier alpha value is -1.98. The minimum absolute atomic E-state index is 0.0912. The number of hydrogen-bond donors (Lipinski definition) is 2. The van der Waals surface area contributed by atoms with Gasteiger partial charge in [0.1, 0.15) is 0 Å². The number of carbonyl (C=O) groups is 2. The molecule has 0 aliphatic heterocycles. The molecule has 0 bridgehead atoms. The van der Waals surface area contributed by atoms with Crippen LogP contribution >= 0.6 is 23.4 Å². The number of hydrogen-bond acceptors (Lipinski definition) is 3. The van der Waals surface area contributed by atoms with E-state index in [9.17, 15) is 9.59 Å². The van der Waals surface area contributed by atoms with Crippen LogP contribution in [0.25, 0.3) is 0 Å². The summed E-state index contributed by atoms with van der Waals surface area (Å²) in [5.74, 6) is -0.261. The first-order valence-corrected chi connectivity index (χ1v) is 9.86. The molecule has 26 heavy (non-hydrogen) atoms. The molecular weight excluding hydrogens is 368 g/mol. The van der Waals surface area contributed by atoms with Crippen molar-refractivity contribution in [1.29, 1.82) is 0 Å². The second-order valence-corrected chi connectivity index (χ2v) is 7.95. The molecule has 2 aromatic carbocycles. The number of anilines is 1. The van der Waals surface area contributed by atoms with Crippen molar-refractivity contribution in [3.05, 3.63) is 53.1 Å². The van der Waals surface area contributed by atoms with E-state index in [-0.39, 0.29) is 17.9 Å². The molecule has 4 nitrogen and oxygen atoms in total. The van der Waals surface area contributed by atoms with Crippen molar-refractivity contribution in [2.45, 2.75) is 48.4 Å². The lowest BCUT2D eigenvalue weighted by Crippen LogP contribution is -2.32. The third-order valence-electron chi connectivity index (χ3n) is 4.28. The van der Waals surface area contributed by atoms with Crippen LogP contribution in [-0.4, -0.2) is 17.9 Å². The van der Waals surface area contributed by atoms with E-state index in [1.165, 1.54) is 31.5 Å². The highest BCUT2D eigenvalue weighted by molar-refractivity contribution is 7.99. The van der Waals surface area contributed by atoms with Gasteiger partial charge in [0, 0.05) is 33.3 Å². The van der Waals surface area contributed by atoms with Gasteiger partial charge in [0.05, 0.1) is 5.69 Å². The second-order valence-electron chi connectivity index (χ2n) is 6.40. The molecule has 0 saturated heterocycles. The fourth-order valence-corrected chi connectivity index (χ4v) is 4.02. The third kappa shape index (κ3) is 5.02. The van der Waals surface area contributed by atoms with E-state index >= 15 is 0 Å². The zero-order valence-corrected chi connectivity index (χ0v) is 16.1. The third-order valence-corrected chi connectivity index (χ3v) is 5.62. The van der Waals surface area contributed by atoms with Crippen molar-refractivity contribution in [3.63, 3.8) is 0 Å². The Kier molecular flexibility index (Phi) is 6.22. The quantitative estimate of drug-likeness (QED) is 0.747. The van der Waals surface area contributed by atoms with E-state index in [2.05, 4.69) is 10.6 Å². The molecule has 0 atom stereocenters. The molecule has 2 N–H and O–H groups in total. The lowest BCUT2D eigenvalue weighted by atomic mass is 10.1. The summed E-state index contributed by atoms with van der Waals surface area (Å²) in [6, 6.07) is 13.2. The van der Waals surface area contributed by atoms with Crippen molar-refractivity contribution in [2.24, 2.45) is 0 Å². The summed E-state index contributed by atoms with van der Waals surface area (Å²) in [5.41, 5.74) is 1.19. The average Bonchev–Trinajstić information content (AvgIpc) is 3.11. The molecule has 3 rings (SSSR count). The molecule has 6 heteroatoms. The van der Waals surface area contributed by atoms with E-state index in [1.54, 1.807) is 12.1 Å². The molecule has 2 amide bonds. The minimum Gasteiger partial charge on any atom is -0.349 e. The molecule has 1 saturated carbocycles. The van der Waals surface area contributed by atoms with Crippen LogP contribution in [0.4, 0.5) is 5.69 Å². The van der Waals surface area contributed by atoms with Gasteiger partial charge in [-0.05, 0) is 55.3 Å². The van der Waals surface area contributed by atoms with Crippen molar-refractivity contribution in [2.75, 3.05) is 5.32 Å². The van der Waals surface area contributed by atoms with E-state index in [4.69, 9.17) is 11.6 Å². The van der Waals surface area contributed by atoms with Gasteiger partial charge in [0.15, 0.2) is 0 Å². The molecule has 136 valence electrons. The zero-order valence-electron chi connectivity index (χ0n) is 14.5. The minimum atomic E-state index is -0.170. The van der Waals surface area contributed by atoms with E-state index in [0.29, 0.717) is 16.3 Å². The molecule has 1 aliphatic carbocycles. The second kappa shape index (κ2) is 8.60. The Morgan fingerprint density at radius 1 is 1.08 bits per heavy atom. The normalized spacial score (nSPS) is 14.2. The van der Waals surface area contributed by atoms with Crippen LogP contribution in [0.5, 0.6) is 0 Å². The number of rotatable bonds is 5. The SMILES string of the molecule is CC(=O)Nc1cc(C(=O)NC2CCCC2)ccc1Sc1ccc(Cl)cc1. The van der Waals surface area contributed by atoms with E-state index < -0.39 is 0 Å². The van der Waals surface area contributed by atoms with Gasteiger partial charge >= 0.3 is 0 Å². The maximum atomic E-state index is 12.5. The highest BCUT2D eigenvalue weighted by atomic mass is 35.5. The van der Waals surface area contributed by atoms with Gasteiger partial charge in [-0.25, -0.2) is 0 Å². The van der Waals surface area contributed by atoms with E-state index in [1.807, 2.05) is 30.3 Å². The van der Waals surface area contributed by atoms with Crippen molar-refractivity contribution in [1.82, 2.24) is 5.32 Å². The van der Waals surface area contributed by atoms with Crippen LogP contribution in [0.15, 0.2) is 52.3 Å². The Morgan fingerprint density at radius 2 is 1.77 bits per heavy atom. The van der Waals surface area contributed by atoms with Gasteiger partial charge in [-0.15, -0.1) is 0 Å². The van der Waals surface area contributed by atoms with Crippen molar-refractivity contribution < 1.29 is 9.59 Å². The molecule has 1 fully saturated rings. The maximum absolute atomic E-state index is 12.5. The number of nitrogens with one attached hydrogen (secondary N) is 2. The van der Waals surface area contributed by atoms with E-state index in [0.717, 1.165) is 22.6 Å². The number of benzene rings is 2. The number of amides is 2. The number of halogens is 1. The zero-order chi connectivity index (χ0) is 18.5.